The van der Waals surface area contributed by atoms with E-state index in [1.165, 1.54) is 0 Å². The lowest BCUT2D eigenvalue weighted by molar-refractivity contribution is -0.137. The zero-order valence-corrected chi connectivity index (χ0v) is 19.3. The fraction of sp³-hybridized carbons (Fsp3) is 0.640. The van der Waals surface area contributed by atoms with Gasteiger partial charge in [0.05, 0.1) is 11.8 Å². The highest BCUT2D eigenvalue weighted by Crippen LogP contribution is 2.19. The fourth-order valence-corrected chi connectivity index (χ4v) is 3.47. The molecule has 1 atom stereocenters. The number of aliphatic hydroxyl groups excluding tert-OH is 1. The molecule has 0 aliphatic carbocycles. The van der Waals surface area contributed by atoms with Crippen LogP contribution in [0.5, 0.6) is 0 Å². The van der Waals surface area contributed by atoms with E-state index < -0.39 is 12.1 Å². The maximum absolute atomic E-state index is 10.6. The first kappa shape index (κ1) is 26.8. The Morgan fingerprint density at radius 1 is 1.10 bits per heavy atom. The van der Waals surface area contributed by atoms with Gasteiger partial charge in [-0.25, -0.2) is 0 Å². The van der Waals surface area contributed by atoms with Crippen molar-refractivity contribution in [3.8, 4) is 0 Å². The molecule has 0 aliphatic heterocycles. The van der Waals surface area contributed by atoms with E-state index in [4.69, 9.17) is 10.2 Å². The number of carboxylic acids is 1. The summed E-state index contributed by atoms with van der Waals surface area (Å²) in [6.07, 6.45) is 18.2. The molecule has 1 heterocycles. The Hall–Kier alpha value is -2.21. The number of carbonyl (C=O) groups is 2. The second-order valence-corrected chi connectivity index (χ2v) is 8.07. The summed E-state index contributed by atoms with van der Waals surface area (Å²) >= 11 is 0. The summed E-state index contributed by atoms with van der Waals surface area (Å²) in [4.78, 5) is 21.1. The molecule has 2 N–H and O–H groups in total. The van der Waals surface area contributed by atoms with E-state index in [9.17, 15) is 14.7 Å². The summed E-state index contributed by atoms with van der Waals surface area (Å²) in [7, 11) is 0. The number of aldehydes is 1. The summed E-state index contributed by atoms with van der Waals surface area (Å²) in [6.45, 7) is 5.03. The highest BCUT2D eigenvalue weighted by atomic mass is 16.4. The van der Waals surface area contributed by atoms with Crippen molar-refractivity contribution in [1.82, 2.24) is 9.78 Å². The number of aryl methyl sites for hydroxylation is 1. The third-order valence-electron chi connectivity index (χ3n) is 5.38. The second kappa shape index (κ2) is 16.5. The molecule has 0 spiro atoms. The molecule has 1 unspecified atom stereocenters. The number of allylic oxidation sites excluding steroid dienone is 2. The van der Waals surface area contributed by atoms with Crippen LogP contribution in [0.3, 0.4) is 0 Å². The van der Waals surface area contributed by atoms with Crippen LogP contribution in [0.1, 0.15) is 94.5 Å². The topological polar surface area (TPSA) is 92.4 Å². The third kappa shape index (κ3) is 11.7. The number of unbranched alkanes of at least 4 members (excludes halogenated alkanes) is 6. The predicted molar refractivity (Wildman–Crippen MR) is 125 cm³/mol. The Morgan fingerprint density at radius 3 is 2.61 bits per heavy atom. The minimum absolute atomic E-state index is 0.190. The molecule has 6 nitrogen and oxygen atoms in total. The van der Waals surface area contributed by atoms with Crippen molar-refractivity contribution in [1.29, 1.82) is 0 Å². The molecular weight excluding hydrogens is 392 g/mol. The van der Waals surface area contributed by atoms with E-state index in [1.54, 1.807) is 0 Å². The van der Waals surface area contributed by atoms with Gasteiger partial charge < -0.3 is 15.0 Å². The maximum atomic E-state index is 10.6. The molecule has 0 radical (unpaired) electrons. The molecule has 31 heavy (non-hydrogen) atoms. The van der Waals surface area contributed by atoms with E-state index in [-0.39, 0.29) is 6.42 Å². The van der Waals surface area contributed by atoms with Crippen LogP contribution in [0.2, 0.25) is 0 Å². The molecule has 0 saturated heterocycles. The number of hydrogen-bond donors (Lipinski definition) is 2. The van der Waals surface area contributed by atoms with Crippen molar-refractivity contribution < 1.29 is 19.8 Å². The summed E-state index contributed by atoms with van der Waals surface area (Å²) < 4.78 is 2.03. The van der Waals surface area contributed by atoms with Crippen molar-refractivity contribution in [2.45, 2.75) is 104 Å². The quantitative estimate of drug-likeness (QED) is 0.188. The Labute approximate surface area is 187 Å². The number of nitrogens with zero attached hydrogens (tertiary/aromatic N) is 2. The van der Waals surface area contributed by atoms with Crippen LogP contribution < -0.4 is 0 Å². The highest BCUT2D eigenvalue weighted by molar-refractivity contribution is 5.66. The molecule has 0 aliphatic rings. The van der Waals surface area contributed by atoms with Gasteiger partial charge in [0.15, 0.2) is 0 Å². The number of hydrogen-bond acceptors (Lipinski definition) is 4. The SMILES string of the molecule is CCCCCC(O)C=Cc1nn(CCCCCC=O)c(C)c1CC=CCCCC(=O)O. The van der Waals surface area contributed by atoms with Crippen LogP contribution in [-0.4, -0.2) is 38.4 Å². The minimum Gasteiger partial charge on any atom is -0.481 e. The number of carbonyl (C=O) groups excluding carboxylic acids is 1. The van der Waals surface area contributed by atoms with Crippen LogP contribution in [0, 0.1) is 6.92 Å². The Kier molecular flexibility index (Phi) is 14.3. The molecule has 6 heteroatoms. The normalized spacial score (nSPS) is 12.7. The van der Waals surface area contributed by atoms with Gasteiger partial charge in [-0.3, -0.25) is 9.48 Å². The molecular formula is C25H40N2O4. The van der Waals surface area contributed by atoms with E-state index in [2.05, 4.69) is 19.9 Å². The standard InChI is InChI=1S/C25H40N2O4/c1-3-4-9-14-22(29)17-18-24-23(15-10-5-6-11-16-25(30)31)21(2)27(26-24)19-12-7-8-13-20-28/h5,10,17-18,20,22,29H,3-4,6-9,11-16,19H2,1-2H3,(H,30,31). The summed E-state index contributed by atoms with van der Waals surface area (Å²) in [5.41, 5.74) is 3.14. The fourth-order valence-electron chi connectivity index (χ4n) is 3.47. The van der Waals surface area contributed by atoms with Crippen LogP contribution in [0.4, 0.5) is 0 Å². The number of aromatic nitrogens is 2. The third-order valence-corrected chi connectivity index (χ3v) is 5.38. The lowest BCUT2D eigenvalue weighted by Gasteiger charge is -2.04. The van der Waals surface area contributed by atoms with Gasteiger partial charge in [-0.2, -0.15) is 5.10 Å². The van der Waals surface area contributed by atoms with Gasteiger partial charge in [0.25, 0.3) is 0 Å². The Bertz CT molecular complexity index is 707. The first-order valence-corrected chi connectivity index (χ1v) is 11.7. The maximum Gasteiger partial charge on any atom is 0.303 e. The van der Waals surface area contributed by atoms with E-state index in [0.29, 0.717) is 12.8 Å². The number of rotatable bonds is 18. The lowest BCUT2D eigenvalue weighted by atomic mass is 10.1. The molecule has 0 aromatic carbocycles. The van der Waals surface area contributed by atoms with E-state index >= 15 is 0 Å². The zero-order valence-electron chi connectivity index (χ0n) is 19.3. The van der Waals surface area contributed by atoms with Gasteiger partial charge in [-0.1, -0.05) is 50.8 Å². The van der Waals surface area contributed by atoms with Crippen LogP contribution in [-0.2, 0) is 22.6 Å². The average Bonchev–Trinajstić information content (AvgIpc) is 3.03. The van der Waals surface area contributed by atoms with E-state index in [1.807, 2.05) is 22.9 Å². The molecule has 0 fully saturated rings. The number of aliphatic hydroxyl groups is 1. The molecule has 0 bridgehead atoms. The first-order chi connectivity index (χ1) is 15.0. The molecule has 1 aromatic rings. The molecule has 0 amide bonds. The van der Waals surface area contributed by atoms with E-state index in [0.717, 1.165) is 87.6 Å². The number of carboxylic acid groups (broad SMARTS) is 1. The van der Waals surface area contributed by atoms with Crippen molar-refractivity contribution >= 4 is 18.3 Å². The Morgan fingerprint density at radius 2 is 1.90 bits per heavy atom. The van der Waals surface area contributed by atoms with Crippen molar-refractivity contribution in [2.75, 3.05) is 0 Å². The van der Waals surface area contributed by atoms with Crippen LogP contribution in [0.15, 0.2) is 18.2 Å². The smallest absolute Gasteiger partial charge is 0.303 e. The summed E-state index contributed by atoms with van der Waals surface area (Å²) in [5, 5.41) is 23.7. The predicted octanol–water partition coefficient (Wildman–Crippen LogP) is 5.26. The molecule has 0 saturated carbocycles. The zero-order chi connectivity index (χ0) is 22.9. The average molecular weight is 433 g/mol. The van der Waals surface area contributed by atoms with Crippen LogP contribution >= 0.6 is 0 Å². The van der Waals surface area contributed by atoms with Gasteiger partial charge in [0.2, 0.25) is 0 Å². The van der Waals surface area contributed by atoms with Crippen LogP contribution in [0.25, 0.3) is 6.08 Å². The summed E-state index contributed by atoms with van der Waals surface area (Å²) in [5.74, 6) is -0.761. The second-order valence-electron chi connectivity index (χ2n) is 8.07. The lowest BCUT2D eigenvalue weighted by Crippen LogP contribution is -2.03. The molecule has 1 rings (SSSR count). The first-order valence-electron chi connectivity index (χ1n) is 11.7. The van der Waals surface area contributed by atoms with Gasteiger partial charge >= 0.3 is 5.97 Å². The van der Waals surface area contributed by atoms with Crippen molar-refractivity contribution in [2.24, 2.45) is 0 Å². The monoisotopic (exact) mass is 432 g/mol. The van der Waals surface area contributed by atoms with Crippen molar-refractivity contribution in [3.05, 3.63) is 35.2 Å². The Balaban J connectivity index is 2.80. The highest BCUT2D eigenvalue weighted by Gasteiger charge is 2.12. The van der Waals surface area contributed by atoms with Gasteiger partial charge in [0.1, 0.15) is 6.29 Å². The largest absolute Gasteiger partial charge is 0.481 e. The minimum atomic E-state index is -0.761. The van der Waals surface area contributed by atoms with Crippen molar-refractivity contribution in [3.63, 3.8) is 0 Å². The number of aliphatic carboxylic acids is 1. The van der Waals surface area contributed by atoms with Gasteiger partial charge in [-0.05, 0) is 51.5 Å². The van der Waals surface area contributed by atoms with Gasteiger partial charge in [-0.15, -0.1) is 0 Å². The van der Waals surface area contributed by atoms with Gasteiger partial charge in [0, 0.05) is 30.6 Å². The molecule has 1 aromatic heterocycles. The molecule has 174 valence electrons. The summed E-state index contributed by atoms with van der Waals surface area (Å²) in [6, 6.07) is 0.